The summed E-state index contributed by atoms with van der Waals surface area (Å²) in [7, 11) is 0. The lowest BCUT2D eigenvalue weighted by Crippen LogP contribution is -2.55. The van der Waals surface area contributed by atoms with Gasteiger partial charge in [0, 0.05) is 6.04 Å². The Morgan fingerprint density at radius 1 is 1.43 bits per heavy atom. The van der Waals surface area contributed by atoms with Crippen LogP contribution in [0.3, 0.4) is 0 Å². The van der Waals surface area contributed by atoms with Crippen molar-refractivity contribution in [2.24, 2.45) is 11.8 Å². The summed E-state index contributed by atoms with van der Waals surface area (Å²) in [6.07, 6.45) is 3.37. The van der Waals surface area contributed by atoms with E-state index < -0.39 is 5.60 Å². The zero-order valence-electron chi connectivity index (χ0n) is 10.0. The summed E-state index contributed by atoms with van der Waals surface area (Å²) in [5.41, 5.74) is -0.492. The van der Waals surface area contributed by atoms with Gasteiger partial charge in [-0.3, -0.25) is 0 Å². The second-order valence-corrected chi connectivity index (χ2v) is 5.06. The van der Waals surface area contributed by atoms with Crippen molar-refractivity contribution in [1.82, 2.24) is 5.32 Å². The highest BCUT2D eigenvalue weighted by Gasteiger charge is 2.42. The van der Waals surface area contributed by atoms with Crippen LogP contribution >= 0.6 is 0 Å². The summed E-state index contributed by atoms with van der Waals surface area (Å²) in [6.45, 7) is 9.56. The fourth-order valence-corrected chi connectivity index (χ4v) is 2.73. The second kappa shape index (κ2) is 4.63. The lowest BCUT2D eigenvalue weighted by atomic mass is 9.69. The first kappa shape index (κ1) is 12.0. The summed E-state index contributed by atoms with van der Waals surface area (Å²) in [5.74, 6) is 1.09. The Hall–Kier alpha value is -0.0800. The van der Waals surface area contributed by atoms with Crippen molar-refractivity contribution >= 4 is 0 Å². The molecule has 2 nitrogen and oxygen atoms in total. The maximum Gasteiger partial charge on any atom is 0.0825 e. The van der Waals surface area contributed by atoms with Gasteiger partial charge in [-0.25, -0.2) is 0 Å². The van der Waals surface area contributed by atoms with Crippen molar-refractivity contribution in [1.29, 1.82) is 0 Å². The van der Waals surface area contributed by atoms with Gasteiger partial charge in [0.2, 0.25) is 0 Å². The second-order valence-electron chi connectivity index (χ2n) is 5.06. The minimum absolute atomic E-state index is 0.213. The molecular formula is C12H25NO. The van der Waals surface area contributed by atoms with Crippen LogP contribution < -0.4 is 5.32 Å². The summed E-state index contributed by atoms with van der Waals surface area (Å²) < 4.78 is 0. The minimum atomic E-state index is -0.492. The number of hydrogen-bond acceptors (Lipinski definition) is 2. The molecule has 1 aliphatic carbocycles. The van der Waals surface area contributed by atoms with Gasteiger partial charge in [-0.15, -0.1) is 0 Å². The van der Waals surface area contributed by atoms with Crippen LogP contribution in [0.1, 0.15) is 47.0 Å². The molecule has 4 unspecified atom stereocenters. The molecule has 0 saturated heterocycles. The molecule has 0 heterocycles. The fraction of sp³-hybridized carbons (Fsp3) is 1.00. The normalized spacial score (nSPS) is 40.9. The van der Waals surface area contributed by atoms with E-state index >= 15 is 0 Å². The Morgan fingerprint density at radius 3 is 2.64 bits per heavy atom. The fourth-order valence-electron chi connectivity index (χ4n) is 2.73. The Balaban J connectivity index is 2.67. The summed E-state index contributed by atoms with van der Waals surface area (Å²) in [5, 5.41) is 14.0. The van der Waals surface area contributed by atoms with Crippen LogP contribution in [0.25, 0.3) is 0 Å². The first-order valence-electron chi connectivity index (χ1n) is 5.96. The third-order valence-corrected chi connectivity index (χ3v) is 3.88. The molecule has 0 amide bonds. The molecule has 0 aromatic rings. The number of hydrogen-bond donors (Lipinski definition) is 2. The number of rotatable bonds is 3. The van der Waals surface area contributed by atoms with Crippen LogP contribution in [0.15, 0.2) is 0 Å². The average molecular weight is 199 g/mol. The van der Waals surface area contributed by atoms with Gasteiger partial charge >= 0.3 is 0 Å². The maximum atomic E-state index is 10.6. The molecule has 84 valence electrons. The first-order valence-corrected chi connectivity index (χ1v) is 5.96. The van der Waals surface area contributed by atoms with Gasteiger partial charge < -0.3 is 10.4 Å². The van der Waals surface area contributed by atoms with E-state index in [0.29, 0.717) is 11.8 Å². The van der Waals surface area contributed by atoms with E-state index in [2.05, 4.69) is 33.0 Å². The zero-order chi connectivity index (χ0) is 10.8. The maximum absolute atomic E-state index is 10.6. The molecule has 14 heavy (non-hydrogen) atoms. The highest BCUT2D eigenvalue weighted by atomic mass is 16.3. The van der Waals surface area contributed by atoms with Crippen LogP contribution in [0, 0.1) is 11.8 Å². The topological polar surface area (TPSA) is 32.3 Å². The third kappa shape index (κ3) is 2.29. The Morgan fingerprint density at radius 2 is 2.07 bits per heavy atom. The van der Waals surface area contributed by atoms with E-state index in [-0.39, 0.29) is 6.04 Å². The molecular weight excluding hydrogens is 174 g/mol. The summed E-state index contributed by atoms with van der Waals surface area (Å²) in [6, 6.07) is 0.213. The standard InChI is InChI=1S/C12H25NO/c1-5-13-11(4)12(14)8-9(2)6-7-10(12)3/h9-11,13-14H,5-8H2,1-4H3. The molecule has 0 bridgehead atoms. The van der Waals surface area contributed by atoms with Gasteiger partial charge in [0.05, 0.1) is 5.60 Å². The van der Waals surface area contributed by atoms with Crippen LogP contribution in [-0.2, 0) is 0 Å². The van der Waals surface area contributed by atoms with Gasteiger partial charge in [0.15, 0.2) is 0 Å². The molecule has 2 N–H and O–H groups in total. The van der Waals surface area contributed by atoms with Gasteiger partial charge in [0.25, 0.3) is 0 Å². The minimum Gasteiger partial charge on any atom is -0.388 e. The van der Waals surface area contributed by atoms with E-state index in [9.17, 15) is 5.11 Å². The molecule has 0 radical (unpaired) electrons. The van der Waals surface area contributed by atoms with E-state index in [1.807, 2.05) is 0 Å². The predicted octanol–water partition coefficient (Wildman–Crippen LogP) is 2.17. The monoisotopic (exact) mass is 199 g/mol. The molecule has 2 heteroatoms. The van der Waals surface area contributed by atoms with Crippen LogP contribution in [0.2, 0.25) is 0 Å². The molecule has 1 saturated carbocycles. The molecule has 0 spiro atoms. The Bertz CT molecular complexity index is 183. The van der Waals surface area contributed by atoms with Crippen LogP contribution in [-0.4, -0.2) is 23.3 Å². The molecule has 0 aromatic carbocycles. The van der Waals surface area contributed by atoms with Crippen molar-refractivity contribution in [2.45, 2.75) is 58.6 Å². The molecule has 1 fully saturated rings. The highest BCUT2D eigenvalue weighted by Crippen LogP contribution is 2.38. The van der Waals surface area contributed by atoms with Crippen LogP contribution in [0.5, 0.6) is 0 Å². The largest absolute Gasteiger partial charge is 0.388 e. The quantitative estimate of drug-likeness (QED) is 0.730. The molecule has 0 aliphatic heterocycles. The highest BCUT2D eigenvalue weighted by molar-refractivity contribution is 4.96. The van der Waals surface area contributed by atoms with E-state index in [0.717, 1.165) is 19.4 Å². The van der Waals surface area contributed by atoms with E-state index in [1.165, 1.54) is 6.42 Å². The van der Waals surface area contributed by atoms with Gasteiger partial charge in [-0.2, -0.15) is 0 Å². The average Bonchev–Trinajstić information content (AvgIpc) is 2.12. The number of likely N-dealkylation sites (N-methyl/N-ethyl adjacent to an activating group) is 1. The van der Waals surface area contributed by atoms with Crippen molar-refractivity contribution in [2.75, 3.05) is 6.54 Å². The molecule has 1 aliphatic rings. The Labute approximate surface area is 88.1 Å². The van der Waals surface area contributed by atoms with Crippen LogP contribution in [0.4, 0.5) is 0 Å². The SMILES string of the molecule is CCNC(C)C1(O)CC(C)CCC1C. The number of aliphatic hydroxyl groups is 1. The van der Waals surface area contributed by atoms with Crippen molar-refractivity contribution < 1.29 is 5.11 Å². The van der Waals surface area contributed by atoms with Crippen molar-refractivity contribution in [3.8, 4) is 0 Å². The number of nitrogens with one attached hydrogen (secondary N) is 1. The molecule has 0 aromatic heterocycles. The molecule has 1 rings (SSSR count). The van der Waals surface area contributed by atoms with E-state index in [4.69, 9.17) is 0 Å². The summed E-state index contributed by atoms with van der Waals surface area (Å²) in [4.78, 5) is 0. The van der Waals surface area contributed by atoms with Gasteiger partial charge in [-0.1, -0.05) is 27.2 Å². The third-order valence-electron chi connectivity index (χ3n) is 3.88. The zero-order valence-corrected chi connectivity index (χ0v) is 10.0. The molecule has 4 atom stereocenters. The van der Waals surface area contributed by atoms with E-state index in [1.54, 1.807) is 0 Å². The van der Waals surface area contributed by atoms with Crippen molar-refractivity contribution in [3.63, 3.8) is 0 Å². The van der Waals surface area contributed by atoms with Gasteiger partial charge in [-0.05, 0) is 38.1 Å². The lowest BCUT2D eigenvalue weighted by molar-refractivity contribution is -0.0799. The smallest absolute Gasteiger partial charge is 0.0825 e. The summed E-state index contributed by atoms with van der Waals surface area (Å²) >= 11 is 0. The first-order chi connectivity index (χ1) is 6.50. The predicted molar refractivity (Wildman–Crippen MR) is 60.3 cm³/mol. The lowest BCUT2D eigenvalue weighted by Gasteiger charge is -2.45. The Kier molecular flexibility index (Phi) is 3.96. The van der Waals surface area contributed by atoms with Crippen molar-refractivity contribution in [3.05, 3.63) is 0 Å². The van der Waals surface area contributed by atoms with Gasteiger partial charge in [0.1, 0.15) is 0 Å².